The SMILES string of the molecule is O=C(COc1ccc(F)cc1)c1ccc2c(c1)N(Cc1nc(C(=O)NCC3CC3)cs1)C(=O)CO2. The zero-order chi connectivity index (χ0) is 24.4. The zero-order valence-corrected chi connectivity index (χ0v) is 19.5. The first-order valence-corrected chi connectivity index (χ1v) is 12.1. The van der Waals surface area contributed by atoms with Crippen LogP contribution in [0.2, 0.25) is 0 Å². The molecule has 2 aromatic carbocycles. The number of hydrogen-bond donors (Lipinski definition) is 1. The van der Waals surface area contributed by atoms with E-state index in [9.17, 15) is 18.8 Å². The predicted molar refractivity (Wildman–Crippen MR) is 127 cm³/mol. The van der Waals surface area contributed by atoms with Crippen molar-refractivity contribution < 1.29 is 28.2 Å². The third-order valence-corrected chi connectivity index (χ3v) is 6.57. The quantitative estimate of drug-likeness (QED) is 0.456. The molecule has 0 radical (unpaired) electrons. The summed E-state index contributed by atoms with van der Waals surface area (Å²) in [5, 5.41) is 5.16. The fourth-order valence-electron chi connectivity index (χ4n) is 3.58. The number of benzene rings is 2. The number of anilines is 1. The molecule has 35 heavy (non-hydrogen) atoms. The molecule has 180 valence electrons. The van der Waals surface area contributed by atoms with Crippen LogP contribution in [-0.2, 0) is 11.3 Å². The van der Waals surface area contributed by atoms with Gasteiger partial charge in [0.05, 0.1) is 12.2 Å². The minimum absolute atomic E-state index is 0.131. The summed E-state index contributed by atoms with van der Waals surface area (Å²) in [5.74, 6) is 0.214. The summed E-state index contributed by atoms with van der Waals surface area (Å²) in [5.41, 5.74) is 1.12. The Morgan fingerprint density at radius 2 is 2.00 bits per heavy atom. The molecule has 1 saturated carbocycles. The Hall–Kier alpha value is -3.79. The van der Waals surface area contributed by atoms with E-state index < -0.39 is 5.82 Å². The molecule has 2 aliphatic rings. The minimum atomic E-state index is -0.394. The van der Waals surface area contributed by atoms with Gasteiger partial charge in [-0.25, -0.2) is 9.37 Å². The largest absolute Gasteiger partial charge is 0.485 e. The van der Waals surface area contributed by atoms with E-state index >= 15 is 0 Å². The van der Waals surface area contributed by atoms with Crippen molar-refractivity contribution in [2.24, 2.45) is 5.92 Å². The van der Waals surface area contributed by atoms with E-state index in [1.807, 2.05) is 0 Å². The number of aromatic nitrogens is 1. The van der Waals surface area contributed by atoms with Crippen LogP contribution in [0, 0.1) is 11.7 Å². The molecule has 1 aliphatic carbocycles. The smallest absolute Gasteiger partial charge is 0.270 e. The molecule has 0 spiro atoms. The van der Waals surface area contributed by atoms with Crippen molar-refractivity contribution in [2.45, 2.75) is 19.4 Å². The molecular formula is C25H22FN3O5S. The van der Waals surface area contributed by atoms with E-state index in [4.69, 9.17) is 9.47 Å². The van der Waals surface area contributed by atoms with E-state index in [-0.39, 0.29) is 37.4 Å². The molecule has 2 heterocycles. The number of Topliss-reactive ketones (excluding diaryl/α,β-unsaturated/α-hetero) is 1. The van der Waals surface area contributed by atoms with Gasteiger partial charge in [0.25, 0.3) is 11.8 Å². The highest BCUT2D eigenvalue weighted by atomic mass is 32.1. The van der Waals surface area contributed by atoms with Crippen LogP contribution in [-0.4, -0.2) is 42.3 Å². The van der Waals surface area contributed by atoms with Crippen molar-refractivity contribution in [3.05, 3.63) is 69.9 Å². The number of hydrogen-bond acceptors (Lipinski definition) is 7. The van der Waals surface area contributed by atoms with Gasteiger partial charge < -0.3 is 14.8 Å². The summed E-state index contributed by atoms with van der Waals surface area (Å²) in [6.45, 7) is 0.432. The van der Waals surface area contributed by atoms with Crippen LogP contribution in [0.4, 0.5) is 10.1 Å². The van der Waals surface area contributed by atoms with Crippen molar-refractivity contribution in [1.29, 1.82) is 0 Å². The van der Waals surface area contributed by atoms with Crippen molar-refractivity contribution in [3.63, 3.8) is 0 Å². The van der Waals surface area contributed by atoms with Gasteiger partial charge in [0.1, 0.15) is 28.0 Å². The maximum absolute atomic E-state index is 13.1. The molecule has 8 nitrogen and oxygen atoms in total. The number of halogens is 1. The van der Waals surface area contributed by atoms with Crippen LogP contribution >= 0.6 is 11.3 Å². The van der Waals surface area contributed by atoms with E-state index in [0.29, 0.717) is 45.9 Å². The number of nitrogens with zero attached hydrogens (tertiary/aromatic N) is 2. The fraction of sp³-hybridized carbons (Fsp3) is 0.280. The standard InChI is InChI=1S/C25H22FN3O5S/c26-17-4-6-18(7-5-17)33-12-21(30)16-3-8-22-20(9-16)29(24(31)13-34-22)11-23-28-19(14-35-23)25(32)27-10-15-1-2-15/h3-9,14-15H,1-2,10-13H2,(H,27,32). The third kappa shape index (κ3) is 5.48. The van der Waals surface area contributed by atoms with Gasteiger partial charge in [-0.15, -0.1) is 11.3 Å². The van der Waals surface area contributed by atoms with Crippen LogP contribution in [0.15, 0.2) is 47.8 Å². The maximum atomic E-state index is 13.1. The van der Waals surface area contributed by atoms with Gasteiger partial charge in [0.2, 0.25) is 0 Å². The lowest BCUT2D eigenvalue weighted by Gasteiger charge is -2.29. The highest BCUT2D eigenvalue weighted by Gasteiger charge is 2.28. The zero-order valence-electron chi connectivity index (χ0n) is 18.7. The van der Waals surface area contributed by atoms with Crippen molar-refractivity contribution >= 4 is 34.6 Å². The van der Waals surface area contributed by atoms with E-state index in [1.165, 1.54) is 40.5 Å². The van der Waals surface area contributed by atoms with Gasteiger partial charge in [-0.05, 0) is 61.2 Å². The predicted octanol–water partition coefficient (Wildman–Crippen LogP) is 3.61. The van der Waals surface area contributed by atoms with Crippen molar-refractivity contribution in [3.8, 4) is 11.5 Å². The first-order chi connectivity index (χ1) is 17.0. The number of fused-ring (bicyclic) bond motifs is 1. The van der Waals surface area contributed by atoms with Gasteiger partial charge in [-0.3, -0.25) is 19.3 Å². The van der Waals surface area contributed by atoms with E-state index in [1.54, 1.807) is 23.6 Å². The number of carbonyl (C=O) groups is 3. The lowest BCUT2D eigenvalue weighted by atomic mass is 10.1. The summed E-state index contributed by atoms with van der Waals surface area (Å²) >= 11 is 1.30. The molecule has 5 rings (SSSR count). The van der Waals surface area contributed by atoms with Crippen LogP contribution in [0.5, 0.6) is 11.5 Å². The Bertz CT molecular complexity index is 1270. The number of rotatable bonds is 9. The number of amides is 2. The Labute approximate surface area is 204 Å². The van der Waals surface area contributed by atoms with Crippen molar-refractivity contribution in [1.82, 2.24) is 10.3 Å². The summed E-state index contributed by atoms with van der Waals surface area (Å²) in [6.07, 6.45) is 2.29. The second-order valence-corrected chi connectivity index (χ2v) is 9.34. The Balaban J connectivity index is 1.28. The number of ether oxygens (including phenoxy) is 2. The summed E-state index contributed by atoms with van der Waals surface area (Å²) in [7, 11) is 0. The maximum Gasteiger partial charge on any atom is 0.270 e. The van der Waals surface area contributed by atoms with Gasteiger partial charge in [0.15, 0.2) is 19.0 Å². The molecule has 1 fully saturated rings. The molecule has 3 aromatic rings. The Morgan fingerprint density at radius 3 is 2.77 bits per heavy atom. The third-order valence-electron chi connectivity index (χ3n) is 5.73. The van der Waals surface area contributed by atoms with Gasteiger partial charge in [-0.1, -0.05) is 0 Å². The average molecular weight is 496 g/mol. The first-order valence-electron chi connectivity index (χ1n) is 11.2. The topological polar surface area (TPSA) is 97.8 Å². The van der Waals surface area contributed by atoms with E-state index in [0.717, 1.165) is 12.8 Å². The van der Waals surface area contributed by atoms with Crippen molar-refractivity contribution in [2.75, 3.05) is 24.7 Å². The number of nitrogens with one attached hydrogen (secondary N) is 1. The van der Waals surface area contributed by atoms with Gasteiger partial charge >= 0.3 is 0 Å². The molecule has 0 saturated heterocycles. The lowest BCUT2D eigenvalue weighted by Crippen LogP contribution is -2.38. The molecule has 0 atom stereocenters. The lowest BCUT2D eigenvalue weighted by molar-refractivity contribution is -0.121. The summed E-state index contributed by atoms with van der Waals surface area (Å²) in [4.78, 5) is 43.6. The summed E-state index contributed by atoms with van der Waals surface area (Å²) in [6, 6.07) is 10.2. The van der Waals surface area contributed by atoms with Crippen LogP contribution in [0.1, 0.15) is 38.7 Å². The van der Waals surface area contributed by atoms with Crippen LogP contribution in [0.25, 0.3) is 0 Å². The molecule has 1 aromatic heterocycles. The molecular weight excluding hydrogens is 473 g/mol. The molecule has 1 aliphatic heterocycles. The molecule has 0 bridgehead atoms. The highest BCUT2D eigenvalue weighted by Crippen LogP contribution is 2.34. The van der Waals surface area contributed by atoms with E-state index in [2.05, 4.69) is 10.3 Å². The highest BCUT2D eigenvalue weighted by molar-refractivity contribution is 7.09. The normalized spacial score (nSPS) is 14.8. The van der Waals surface area contributed by atoms with Gasteiger partial charge in [0, 0.05) is 17.5 Å². The molecule has 10 heteroatoms. The Morgan fingerprint density at radius 1 is 1.20 bits per heavy atom. The number of thiazole rings is 1. The summed E-state index contributed by atoms with van der Waals surface area (Å²) < 4.78 is 24.0. The fourth-order valence-corrected chi connectivity index (χ4v) is 4.35. The van der Waals surface area contributed by atoms with Crippen LogP contribution in [0.3, 0.4) is 0 Å². The minimum Gasteiger partial charge on any atom is -0.485 e. The molecule has 2 amide bonds. The molecule has 1 N–H and O–H groups in total. The van der Waals surface area contributed by atoms with Gasteiger partial charge in [-0.2, -0.15) is 0 Å². The second kappa shape index (κ2) is 9.83. The molecule has 0 unspecified atom stereocenters. The van der Waals surface area contributed by atoms with Crippen LogP contribution < -0.4 is 19.7 Å². The first kappa shape index (κ1) is 23.0. The number of ketones is 1. The second-order valence-electron chi connectivity index (χ2n) is 8.40. The monoisotopic (exact) mass is 495 g/mol. The Kier molecular flexibility index (Phi) is 6.45. The number of carbonyl (C=O) groups excluding carboxylic acids is 3. The average Bonchev–Trinajstić information content (AvgIpc) is 3.59.